The van der Waals surface area contributed by atoms with Gasteiger partial charge in [-0.05, 0) is 31.5 Å². The maximum atomic E-state index is 11.1. The second-order valence-corrected chi connectivity index (χ2v) is 3.51. The molecule has 0 fully saturated rings. The van der Waals surface area contributed by atoms with Crippen LogP contribution in [0.4, 0.5) is 0 Å². The van der Waals surface area contributed by atoms with Crippen LogP contribution in [0.5, 0.6) is 11.5 Å². The highest BCUT2D eigenvalue weighted by molar-refractivity contribution is 5.79. The monoisotopic (exact) mass is 208 g/mol. The Labute approximate surface area is 90.0 Å². The second kappa shape index (κ2) is 4.82. The van der Waals surface area contributed by atoms with Gasteiger partial charge in [-0.1, -0.05) is 0 Å². The summed E-state index contributed by atoms with van der Waals surface area (Å²) in [7, 11) is 3.22. The summed E-state index contributed by atoms with van der Waals surface area (Å²) >= 11 is 0. The molecule has 15 heavy (non-hydrogen) atoms. The summed E-state index contributed by atoms with van der Waals surface area (Å²) in [5.41, 5.74) is 1.87. The molecule has 0 atom stereocenters. The lowest BCUT2D eigenvalue weighted by Gasteiger charge is -2.11. The minimum atomic E-state index is 0.110. The smallest absolute Gasteiger partial charge is 0.134 e. The summed E-state index contributed by atoms with van der Waals surface area (Å²) in [6, 6.07) is 3.74. The molecule has 82 valence electrons. The van der Waals surface area contributed by atoms with Crippen molar-refractivity contribution in [2.24, 2.45) is 0 Å². The Balaban J connectivity index is 3.16. The quantitative estimate of drug-likeness (QED) is 0.760. The number of ketones is 1. The fraction of sp³-hybridized carbons (Fsp3) is 0.417. The van der Waals surface area contributed by atoms with Crippen molar-refractivity contribution in [2.45, 2.75) is 20.3 Å². The fourth-order valence-electron chi connectivity index (χ4n) is 1.52. The van der Waals surface area contributed by atoms with Gasteiger partial charge in [0.25, 0.3) is 0 Å². The summed E-state index contributed by atoms with van der Waals surface area (Å²) in [5.74, 6) is 1.63. The summed E-state index contributed by atoms with van der Waals surface area (Å²) < 4.78 is 10.4. The zero-order chi connectivity index (χ0) is 11.4. The van der Waals surface area contributed by atoms with Crippen LogP contribution in [-0.4, -0.2) is 20.0 Å². The summed E-state index contributed by atoms with van der Waals surface area (Å²) in [4.78, 5) is 11.1. The lowest BCUT2D eigenvalue weighted by molar-refractivity contribution is -0.116. The molecular formula is C12H16O3. The Kier molecular flexibility index (Phi) is 3.72. The van der Waals surface area contributed by atoms with Gasteiger partial charge in [0, 0.05) is 12.0 Å². The molecule has 3 heteroatoms. The van der Waals surface area contributed by atoms with E-state index in [1.165, 1.54) is 0 Å². The van der Waals surface area contributed by atoms with Crippen LogP contribution in [0.15, 0.2) is 12.1 Å². The first-order valence-corrected chi connectivity index (χ1v) is 4.79. The van der Waals surface area contributed by atoms with Crippen LogP contribution >= 0.6 is 0 Å². The molecule has 0 saturated carbocycles. The van der Waals surface area contributed by atoms with Crippen molar-refractivity contribution in [3.63, 3.8) is 0 Å². The zero-order valence-corrected chi connectivity index (χ0v) is 9.59. The highest BCUT2D eigenvalue weighted by atomic mass is 16.5. The number of hydrogen-bond donors (Lipinski definition) is 0. The molecule has 0 saturated heterocycles. The Morgan fingerprint density at radius 1 is 1.20 bits per heavy atom. The van der Waals surface area contributed by atoms with Crippen LogP contribution in [0, 0.1) is 6.92 Å². The number of ether oxygens (including phenoxy) is 2. The number of Topliss-reactive ketones (excluding diaryl/α,β-unsaturated/α-hetero) is 1. The molecule has 0 unspecified atom stereocenters. The predicted molar refractivity (Wildman–Crippen MR) is 58.7 cm³/mol. The number of benzene rings is 1. The van der Waals surface area contributed by atoms with Crippen molar-refractivity contribution in [1.29, 1.82) is 0 Å². The van der Waals surface area contributed by atoms with E-state index in [9.17, 15) is 4.79 Å². The summed E-state index contributed by atoms with van der Waals surface area (Å²) in [6.45, 7) is 3.50. The van der Waals surface area contributed by atoms with Gasteiger partial charge in [0.05, 0.1) is 14.2 Å². The lowest BCUT2D eigenvalue weighted by Crippen LogP contribution is -2.01. The average molecular weight is 208 g/mol. The molecule has 0 heterocycles. The van der Waals surface area contributed by atoms with Crippen LogP contribution < -0.4 is 9.47 Å². The van der Waals surface area contributed by atoms with Gasteiger partial charge < -0.3 is 9.47 Å². The number of carbonyl (C=O) groups excluding carboxylic acids is 1. The third-order valence-electron chi connectivity index (χ3n) is 2.24. The van der Waals surface area contributed by atoms with Gasteiger partial charge in [-0.3, -0.25) is 4.79 Å². The molecule has 0 bridgehead atoms. The van der Waals surface area contributed by atoms with E-state index in [1.54, 1.807) is 21.1 Å². The Morgan fingerprint density at radius 3 is 2.27 bits per heavy atom. The van der Waals surface area contributed by atoms with Crippen LogP contribution in [0.2, 0.25) is 0 Å². The average Bonchev–Trinajstić information content (AvgIpc) is 2.19. The highest BCUT2D eigenvalue weighted by Crippen LogP contribution is 2.28. The van der Waals surface area contributed by atoms with E-state index in [4.69, 9.17) is 9.47 Å². The Hall–Kier alpha value is -1.51. The topological polar surface area (TPSA) is 35.5 Å². The molecule has 0 aliphatic carbocycles. The normalized spacial score (nSPS) is 9.87. The molecular weight excluding hydrogens is 192 g/mol. The Morgan fingerprint density at radius 2 is 1.80 bits per heavy atom. The van der Waals surface area contributed by atoms with E-state index in [2.05, 4.69) is 0 Å². The minimum absolute atomic E-state index is 0.110. The van der Waals surface area contributed by atoms with Gasteiger partial charge >= 0.3 is 0 Å². The van der Waals surface area contributed by atoms with Crippen LogP contribution in [0.3, 0.4) is 0 Å². The third-order valence-corrected chi connectivity index (χ3v) is 2.24. The Bertz CT molecular complexity index is 369. The van der Waals surface area contributed by atoms with Crippen molar-refractivity contribution >= 4 is 5.78 Å². The van der Waals surface area contributed by atoms with E-state index in [0.717, 1.165) is 22.6 Å². The van der Waals surface area contributed by atoms with Gasteiger partial charge in [-0.2, -0.15) is 0 Å². The van der Waals surface area contributed by atoms with Crippen molar-refractivity contribution in [3.05, 3.63) is 23.3 Å². The van der Waals surface area contributed by atoms with Crippen molar-refractivity contribution < 1.29 is 14.3 Å². The molecule has 0 aliphatic heterocycles. The highest BCUT2D eigenvalue weighted by Gasteiger charge is 2.09. The van der Waals surface area contributed by atoms with E-state index in [0.29, 0.717) is 6.42 Å². The summed E-state index contributed by atoms with van der Waals surface area (Å²) in [6.07, 6.45) is 0.375. The summed E-state index contributed by atoms with van der Waals surface area (Å²) in [5, 5.41) is 0. The molecule has 1 aromatic rings. The van der Waals surface area contributed by atoms with Crippen LogP contribution in [0.1, 0.15) is 18.1 Å². The lowest BCUT2D eigenvalue weighted by atomic mass is 10.1. The zero-order valence-electron chi connectivity index (χ0n) is 9.59. The number of hydrogen-bond acceptors (Lipinski definition) is 3. The standard InChI is InChI=1S/C12H16O3/c1-8-5-12(15-4)10(6-9(2)13)7-11(8)14-3/h5,7H,6H2,1-4H3. The minimum Gasteiger partial charge on any atom is -0.496 e. The molecule has 3 nitrogen and oxygen atoms in total. The molecule has 0 amide bonds. The van der Waals surface area contributed by atoms with E-state index < -0.39 is 0 Å². The van der Waals surface area contributed by atoms with Crippen LogP contribution in [-0.2, 0) is 11.2 Å². The van der Waals surface area contributed by atoms with Crippen LogP contribution in [0.25, 0.3) is 0 Å². The molecule has 0 aliphatic rings. The number of aryl methyl sites for hydroxylation is 1. The SMILES string of the molecule is COc1cc(CC(C)=O)c(OC)cc1C. The van der Waals surface area contributed by atoms with Crippen molar-refractivity contribution in [1.82, 2.24) is 0 Å². The third kappa shape index (κ3) is 2.72. The largest absolute Gasteiger partial charge is 0.496 e. The first-order valence-electron chi connectivity index (χ1n) is 4.79. The molecule has 1 aromatic carbocycles. The van der Waals surface area contributed by atoms with Gasteiger partial charge in [0.15, 0.2) is 0 Å². The molecule has 1 rings (SSSR count). The van der Waals surface area contributed by atoms with E-state index in [-0.39, 0.29) is 5.78 Å². The number of methoxy groups -OCH3 is 2. The molecule has 0 spiro atoms. The van der Waals surface area contributed by atoms with E-state index in [1.807, 2.05) is 19.1 Å². The second-order valence-electron chi connectivity index (χ2n) is 3.51. The maximum absolute atomic E-state index is 11.1. The van der Waals surface area contributed by atoms with Crippen molar-refractivity contribution in [2.75, 3.05) is 14.2 Å². The van der Waals surface area contributed by atoms with Gasteiger partial charge in [0.1, 0.15) is 17.3 Å². The van der Waals surface area contributed by atoms with Crippen molar-refractivity contribution in [3.8, 4) is 11.5 Å². The number of rotatable bonds is 4. The first-order chi connectivity index (χ1) is 7.08. The number of carbonyl (C=O) groups is 1. The first kappa shape index (κ1) is 11.6. The maximum Gasteiger partial charge on any atom is 0.134 e. The van der Waals surface area contributed by atoms with Gasteiger partial charge in [-0.25, -0.2) is 0 Å². The molecule has 0 aromatic heterocycles. The van der Waals surface area contributed by atoms with E-state index >= 15 is 0 Å². The molecule has 0 radical (unpaired) electrons. The van der Waals surface area contributed by atoms with Gasteiger partial charge in [0.2, 0.25) is 0 Å². The molecule has 0 N–H and O–H groups in total. The predicted octanol–water partition coefficient (Wildman–Crippen LogP) is 2.14. The van der Waals surface area contributed by atoms with Gasteiger partial charge in [-0.15, -0.1) is 0 Å². The fourth-order valence-corrected chi connectivity index (χ4v) is 1.52.